The Morgan fingerprint density at radius 3 is 2.68 bits per heavy atom. The quantitative estimate of drug-likeness (QED) is 0.871. The first-order chi connectivity index (χ1) is 10.8. The van der Waals surface area contributed by atoms with Crippen molar-refractivity contribution in [2.45, 2.75) is 12.3 Å². The SMILES string of the molecule is O=C([C@@H]1C[C@H]1c1ccco1)N1CCN(c2ccccn2)CC1. The maximum absolute atomic E-state index is 12.6. The second-order valence-corrected chi connectivity index (χ2v) is 5.96. The number of rotatable bonds is 3. The summed E-state index contributed by atoms with van der Waals surface area (Å²) in [5.74, 6) is 2.63. The maximum atomic E-state index is 12.6. The van der Waals surface area contributed by atoms with Crippen LogP contribution in [0.15, 0.2) is 47.2 Å². The van der Waals surface area contributed by atoms with Crippen LogP contribution in [0.2, 0.25) is 0 Å². The summed E-state index contributed by atoms with van der Waals surface area (Å²) in [5, 5.41) is 0. The van der Waals surface area contributed by atoms with Crippen molar-refractivity contribution in [3.8, 4) is 0 Å². The topological polar surface area (TPSA) is 49.6 Å². The number of carbonyl (C=O) groups is 1. The van der Waals surface area contributed by atoms with E-state index in [9.17, 15) is 4.79 Å². The van der Waals surface area contributed by atoms with E-state index in [2.05, 4.69) is 9.88 Å². The van der Waals surface area contributed by atoms with Crippen LogP contribution >= 0.6 is 0 Å². The molecule has 0 bridgehead atoms. The number of carbonyl (C=O) groups excluding carboxylic acids is 1. The smallest absolute Gasteiger partial charge is 0.226 e. The van der Waals surface area contributed by atoms with Gasteiger partial charge in [0.25, 0.3) is 0 Å². The fourth-order valence-corrected chi connectivity index (χ4v) is 3.22. The van der Waals surface area contributed by atoms with Crippen molar-refractivity contribution < 1.29 is 9.21 Å². The Hall–Kier alpha value is -2.30. The molecule has 1 saturated carbocycles. The van der Waals surface area contributed by atoms with Gasteiger partial charge in [-0.3, -0.25) is 4.79 Å². The molecule has 0 N–H and O–H groups in total. The zero-order valence-electron chi connectivity index (χ0n) is 12.4. The Morgan fingerprint density at radius 2 is 2.00 bits per heavy atom. The van der Waals surface area contributed by atoms with Crippen molar-refractivity contribution in [3.05, 3.63) is 48.6 Å². The molecule has 1 saturated heterocycles. The second-order valence-electron chi connectivity index (χ2n) is 5.96. The van der Waals surface area contributed by atoms with E-state index in [0.717, 1.165) is 44.2 Å². The summed E-state index contributed by atoms with van der Waals surface area (Å²) in [6, 6.07) is 9.80. The molecule has 2 aliphatic rings. The lowest BCUT2D eigenvalue weighted by Gasteiger charge is -2.35. The minimum Gasteiger partial charge on any atom is -0.469 e. The molecule has 5 heteroatoms. The van der Waals surface area contributed by atoms with E-state index in [0.29, 0.717) is 0 Å². The van der Waals surface area contributed by atoms with E-state index >= 15 is 0 Å². The molecule has 0 unspecified atom stereocenters. The van der Waals surface area contributed by atoms with Gasteiger partial charge < -0.3 is 14.2 Å². The van der Waals surface area contributed by atoms with Crippen LogP contribution in [0.4, 0.5) is 5.82 Å². The van der Waals surface area contributed by atoms with Gasteiger partial charge in [-0.1, -0.05) is 6.07 Å². The van der Waals surface area contributed by atoms with Crippen molar-refractivity contribution in [2.24, 2.45) is 5.92 Å². The van der Waals surface area contributed by atoms with Gasteiger partial charge in [-0.05, 0) is 30.7 Å². The van der Waals surface area contributed by atoms with Crippen LogP contribution in [0.1, 0.15) is 18.1 Å². The first-order valence-electron chi connectivity index (χ1n) is 7.81. The molecular formula is C17H19N3O2. The van der Waals surface area contributed by atoms with Gasteiger partial charge in [-0.15, -0.1) is 0 Å². The van der Waals surface area contributed by atoms with Crippen molar-refractivity contribution in [2.75, 3.05) is 31.1 Å². The number of anilines is 1. The van der Waals surface area contributed by atoms with Gasteiger partial charge in [-0.25, -0.2) is 4.98 Å². The minimum atomic E-state index is 0.118. The number of pyridine rings is 1. The predicted octanol–water partition coefficient (Wildman–Crippen LogP) is 2.13. The Kier molecular flexibility index (Phi) is 3.33. The zero-order valence-corrected chi connectivity index (χ0v) is 12.4. The summed E-state index contributed by atoms with van der Waals surface area (Å²) in [4.78, 5) is 21.2. The highest BCUT2D eigenvalue weighted by Crippen LogP contribution is 2.48. The van der Waals surface area contributed by atoms with Crippen LogP contribution in [0.5, 0.6) is 0 Å². The molecule has 22 heavy (non-hydrogen) atoms. The summed E-state index contributed by atoms with van der Waals surface area (Å²) in [7, 11) is 0. The van der Waals surface area contributed by atoms with Crippen molar-refractivity contribution in [3.63, 3.8) is 0 Å². The summed E-state index contributed by atoms with van der Waals surface area (Å²) in [6.07, 6.45) is 4.42. The van der Waals surface area contributed by atoms with E-state index in [1.165, 1.54) is 0 Å². The number of hydrogen-bond donors (Lipinski definition) is 0. The van der Waals surface area contributed by atoms with E-state index in [1.807, 2.05) is 41.4 Å². The molecular weight excluding hydrogens is 278 g/mol. The second kappa shape index (κ2) is 5.48. The number of furan rings is 1. The first kappa shape index (κ1) is 13.4. The molecule has 114 valence electrons. The van der Waals surface area contributed by atoms with Gasteiger partial charge in [-0.2, -0.15) is 0 Å². The van der Waals surface area contributed by atoms with Crippen LogP contribution in [0.3, 0.4) is 0 Å². The van der Waals surface area contributed by atoms with Crippen molar-refractivity contribution >= 4 is 11.7 Å². The Morgan fingerprint density at radius 1 is 1.14 bits per heavy atom. The van der Waals surface area contributed by atoms with E-state index in [4.69, 9.17) is 4.42 Å². The third kappa shape index (κ3) is 2.47. The van der Waals surface area contributed by atoms with Gasteiger partial charge >= 0.3 is 0 Å². The molecule has 2 aromatic rings. The average molecular weight is 297 g/mol. The minimum absolute atomic E-state index is 0.118. The van der Waals surface area contributed by atoms with Crippen LogP contribution in [0, 0.1) is 5.92 Å². The summed E-state index contributed by atoms with van der Waals surface area (Å²) in [5.41, 5.74) is 0. The Balaban J connectivity index is 1.33. The van der Waals surface area contributed by atoms with Crippen LogP contribution in [-0.2, 0) is 4.79 Å². The highest BCUT2D eigenvalue weighted by Gasteiger charge is 2.47. The number of piperazine rings is 1. The molecule has 1 amide bonds. The van der Waals surface area contributed by atoms with Crippen molar-refractivity contribution in [1.29, 1.82) is 0 Å². The van der Waals surface area contributed by atoms with E-state index in [-0.39, 0.29) is 17.7 Å². The third-order valence-electron chi connectivity index (χ3n) is 4.58. The molecule has 2 atom stereocenters. The summed E-state index contributed by atoms with van der Waals surface area (Å²) >= 11 is 0. The molecule has 3 heterocycles. The molecule has 4 rings (SSSR count). The predicted molar refractivity (Wildman–Crippen MR) is 82.6 cm³/mol. The van der Waals surface area contributed by atoms with Gasteiger partial charge in [0.2, 0.25) is 5.91 Å². The highest BCUT2D eigenvalue weighted by atomic mass is 16.3. The van der Waals surface area contributed by atoms with Gasteiger partial charge in [0.15, 0.2) is 0 Å². The van der Waals surface area contributed by atoms with Crippen LogP contribution in [0.25, 0.3) is 0 Å². The molecule has 1 aliphatic heterocycles. The van der Waals surface area contributed by atoms with Crippen molar-refractivity contribution in [1.82, 2.24) is 9.88 Å². The Labute approximate surface area is 129 Å². The molecule has 2 fully saturated rings. The molecule has 0 aromatic carbocycles. The van der Waals surface area contributed by atoms with E-state index in [1.54, 1.807) is 6.26 Å². The van der Waals surface area contributed by atoms with Gasteiger partial charge in [0.1, 0.15) is 11.6 Å². The average Bonchev–Trinajstić information content (AvgIpc) is 3.20. The Bertz CT molecular complexity index is 633. The zero-order chi connectivity index (χ0) is 14.9. The number of aromatic nitrogens is 1. The fourth-order valence-electron chi connectivity index (χ4n) is 3.22. The van der Waals surface area contributed by atoms with Gasteiger partial charge in [0.05, 0.1) is 6.26 Å². The third-order valence-corrected chi connectivity index (χ3v) is 4.58. The normalized spacial score (nSPS) is 24.4. The molecule has 5 nitrogen and oxygen atoms in total. The number of amides is 1. The fraction of sp³-hybridized carbons (Fsp3) is 0.412. The first-order valence-corrected chi connectivity index (χ1v) is 7.81. The lowest BCUT2D eigenvalue weighted by Crippen LogP contribution is -2.49. The lowest BCUT2D eigenvalue weighted by atomic mass is 10.2. The maximum Gasteiger partial charge on any atom is 0.226 e. The van der Waals surface area contributed by atoms with Crippen LogP contribution in [-0.4, -0.2) is 42.0 Å². The number of nitrogens with zero attached hydrogens (tertiary/aromatic N) is 3. The standard InChI is InChI=1S/C17H19N3O2/c21-17(14-12-13(14)15-4-3-11-22-15)20-9-7-19(8-10-20)16-5-1-2-6-18-16/h1-6,11,13-14H,7-10,12H2/t13-,14-/m1/s1. The summed E-state index contributed by atoms with van der Waals surface area (Å²) < 4.78 is 5.41. The van der Waals surface area contributed by atoms with Crippen LogP contribution < -0.4 is 4.90 Å². The monoisotopic (exact) mass is 297 g/mol. The number of hydrogen-bond acceptors (Lipinski definition) is 4. The largest absolute Gasteiger partial charge is 0.469 e. The molecule has 2 aromatic heterocycles. The lowest BCUT2D eigenvalue weighted by molar-refractivity contribution is -0.133. The van der Waals surface area contributed by atoms with Gasteiger partial charge in [0, 0.05) is 44.2 Å². The van der Waals surface area contributed by atoms with E-state index < -0.39 is 0 Å². The summed E-state index contributed by atoms with van der Waals surface area (Å²) in [6.45, 7) is 3.25. The molecule has 0 radical (unpaired) electrons. The molecule has 0 spiro atoms. The highest BCUT2D eigenvalue weighted by molar-refractivity contribution is 5.83. The molecule has 1 aliphatic carbocycles.